The van der Waals surface area contributed by atoms with Crippen LogP contribution in [-0.4, -0.2) is 48.0 Å². The first-order valence-corrected chi connectivity index (χ1v) is 11.0. The summed E-state index contributed by atoms with van der Waals surface area (Å²) < 4.78 is 86.4. The predicted molar refractivity (Wildman–Crippen MR) is 118 cm³/mol. The second kappa shape index (κ2) is 10.00. The first-order chi connectivity index (χ1) is 16.7. The Morgan fingerprint density at radius 1 is 1.19 bits per heavy atom. The van der Waals surface area contributed by atoms with Gasteiger partial charge in [0.2, 0.25) is 5.82 Å². The minimum atomic E-state index is -4.90. The molecule has 12 heteroatoms. The average molecular weight is 516 g/mol. The lowest BCUT2D eigenvalue weighted by atomic mass is 9.77. The van der Waals surface area contributed by atoms with Crippen molar-refractivity contribution in [3.8, 4) is 5.75 Å². The van der Waals surface area contributed by atoms with E-state index in [-0.39, 0.29) is 16.9 Å². The van der Waals surface area contributed by atoms with E-state index in [4.69, 9.17) is 9.47 Å². The fraction of sp³-hybridized carbons (Fsp3) is 0.458. The molecule has 4 atom stereocenters. The summed E-state index contributed by atoms with van der Waals surface area (Å²) in [6, 6.07) is 4.33. The van der Waals surface area contributed by atoms with Crippen LogP contribution < -0.4 is 10.1 Å². The van der Waals surface area contributed by atoms with E-state index in [1.54, 1.807) is 0 Å². The number of nitrogens with one attached hydrogen (secondary N) is 1. The van der Waals surface area contributed by atoms with Crippen LogP contribution in [0.2, 0.25) is 0 Å². The van der Waals surface area contributed by atoms with Crippen molar-refractivity contribution >= 4 is 17.6 Å². The Morgan fingerprint density at radius 2 is 1.86 bits per heavy atom. The second-order valence-electron chi connectivity index (χ2n) is 8.81. The third kappa shape index (κ3) is 4.99. The van der Waals surface area contributed by atoms with Gasteiger partial charge in [0, 0.05) is 29.3 Å². The number of carbonyl (C=O) groups is 2. The maximum atomic E-state index is 14.7. The molecule has 1 saturated heterocycles. The fourth-order valence-electron chi connectivity index (χ4n) is 4.13. The Kier molecular flexibility index (Phi) is 7.58. The van der Waals surface area contributed by atoms with Gasteiger partial charge in [0.25, 0.3) is 5.91 Å². The predicted octanol–water partition coefficient (Wildman–Crippen LogP) is 5.01. The molecule has 36 heavy (non-hydrogen) atoms. The van der Waals surface area contributed by atoms with E-state index in [0.29, 0.717) is 0 Å². The number of carbonyl (C=O) groups excluding carboxylic acids is 2. The minimum Gasteiger partial charge on any atom is -0.488 e. The van der Waals surface area contributed by atoms with E-state index < -0.39 is 65.1 Å². The van der Waals surface area contributed by atoms with Crippen LogP contribution in [0.5, 0.6) is 5.75 Å². The van der Waals surface area contributed by atoms with Gasteiger partial charge in [-0.3, -0.25) is 4.79 Å². The molecular formula is C24H25F5N2O5. The lowest BCUT2D eigenvalue weighted by molar-refractivity contribution is -0.272. The number of alkyl halides is 3. The molecule has 7 nitrogen and oxygen atoms in total. The van der Waals surface area contributed by atoms with Gasteiger partial charge in [-0.15, -0.1) is 0 Å². The summed E-state index contributed by atoms with van der Waals surface area (Å²) in [5, 5.41) is 2.41. The number of halogens is 5. The Bertz CT molecular complexity index is 1160. The topological polar surface area (TPSA) is 86.8 Å². The summed E-state index contributed by atoms with van der Waals surface area (Å²) in [7, 11) is 1.13. The summed E-state index contributed by atoms with van der Waals surface area (Å²) in [6.07, 6.45) is -6.12. The van der Waals surface area contributed by atoms with Crippen molar-refractivity contribution in [2.24, 2.45) is 5.92 Å². The van der Waals surface area contributed by atoms with E-state index in [2.05, 4.69) is 15.0 Å². The van der Waals surface area contributed by atoms with Crippen LogP contribution in [0.15, 0.2) is 30.5 Å². The standard InChI is InChI=1S/C24H25F5N2O5/c1-11(2)35-19-14(6-7-15(25)18(19)26)17-12(3)23(4,24(27,28)29)36-20(17)21(32)31-13-8-9-30-16(10-13)22(33)34-5/h6-12,17,20H,1-5H3,(H,30,31,32). The zero-order valence-corrected chi connectivity index (χ0v) is 20.1. The molecule has 196 valence electrons. The fourth-order valence-corrected chi connectivity index (χ4v) is 4.13. The highest BCUT2D eigenvalue weighted by Gasteiger charge is 2.66. The molecular weight excluding hydrogens is 491 g/mol. The van der Waals surface area contributed by atoms with E-state index in [1.807, 2.05) is 0 Å². The van der Waals surface area contributed by atoms with Crippen molar-refractivity contribution in [2.75, 3.05) is 12.4 Å². The normalized spacial score (nSPS) is 24.0. The van der Waals surface area contributed by atoms with Crippen LogP contribution in [0.1, 0.15) is 49.7 Å². The minimum absolute atomic E-state index is 0.0370. The zero-order valence-electron chi connectivity index (χ0n) is 20.1. The smallest absolute Gasteiger partial charge is 0.417 e. The summed E-state index contributed by atoms with van der Waals surface area (Å²) in [6.45, 7) is 5.08. The quantitative estimate of drug-likeness (QED) is 0.429. The van der Waals surface area contributed by atoms with E-state index >= 15 is 0 Å². The molecule has 2 aromatic rings. The Hall–Kier alpha value is -3.28. The molecule has 1 aliphatic rings. The number of ether oxygens (including phenoxy) is 3. The van der Waals surface area contributed by atoms with Crippen LogP contribution in [0.3, 0.4) is 0 Å². The third-order valence-corrected chi connectivity index (χ3v) is 6.14. The van der Waals surface area contributed by atoms with Crippen molar-refractivity contribution in [3.05, 3.63) is 53.4 Å². The maximum Gasteiger partial charge on any atom is 0.417 e. The highest BCUT2D eigenvalue weighted by atomic mass is 19.4. The monoisotopic (exact) mass is 516 g/mol. The van der Waals surface area contributed by atoms with Gasteiger partial charge in [0.05, 0.1) is 13.2 Å². The molecule has 1 aromatic heterocycles. The highest BCUT2D eigenvalue weighted by molar-refractivity contribution is 5.96. The Morgan fingerprint density at radius 3 is 2.44 bits per heavy atom. The lowest BCUT2D eigenvalue weighted by Gasteiger charge is -2.32. The summed E-state index contributed by atoms with van der Waals surface area (Å²) in [5.74, 6) is -7.80. The Labute approximate surface area is 203 Å². The zero-order chi connectivity index (χ0) is 27.0. The number of rotatable bonds is 6. The summed E-state index contributed by atoms with van der Waals surface area (Å²) in [5.41, 5.74) is -3.06. The number of methoxy groups -OCH3 is 1. The number of esters is 1. The van der Waals surface area contributed by atoms with Gasteiger partial charge >= 0.3 is 12.1 Å². The number of anilines is 1. The van der Waals surface area contributed by atoms with Gasteiger partial charge in [0.15, 0.2) is 17.2 Å². The van der Waals surface area contributed by atoms with Crippen molar-refractivity contribution in [3.63, 3.8) is 0 Å². The van der Waals surface area contributed by atoms with Crippen LogP contribution in [0, 0.1) is 17.6 Å². The first kappa shape index (κ1) is 27.3. The molecule has 1 aromatic carbocycles. The molecule has 1 aliphatic heterocycles. The van der Waals surface area contributed by atoms with Crippen LogP contribution in [0.25, 0.3) is 0 Å². The van der Waals surface area contributed by atoms with Crippen LogP contribution >= 0.6 is 0 Å². The van der Waals surface area contributed by atoms with Gasteiger partial charge in [-0.25, -0.2) is 14.2 Å². The molecule has 1 N–H and O–H groups in total. The average Bonchev–Trinajstić information content (AvgIpc) is 3.08. The van der Waals surface area contributed by atoms with Crippen molar-refractivity contribution in [2.45, 2.75) is 57.6 Å². The molecule has 0 saturated carbocycles. The van der Waals surface area contributed by atoms with Crippen molar-refractivity contribution in [1.29, 1.82) is 0 Å². The molecule has 0 bridgehead atoms. The molecule has 2 heterocycles. The molecule has 1 fully saturated rings. The number of aromatic nitrogens is 1. The maximum absolute atomic E-state index is 14.7. The van der Waals surface area contributed by atoms with Gasteiger partial charge in [-0.05, 0) is 39.0 Å². The highest BCUT2D eigenvalue weighted by Crippen LogP contribution is 2.55. The van der Waals surface area contributed by atoms with E-state index in [0.717, 1.165) is 26.2 Å². The summed E-state index contributed by atoms with van der Waals surface area (Å²) >= 11 is 0. The molecule has 0 radical (unpaired) electrons. The van der Waals surface area contributed by atoms with Crippen LogP contribution in [-0.2, 0) is 14.3 Å². The molecule has 1 amide bonds. The molecule has 3 rings (SSSR count). The molecule has 4 unspecified atom stereocenters. The molecule has 0 spiro atoms. The van der Waals surface area contributed by atoms with Gasteiger partial charge in [-0.2, -0.15) is 17.6 Å². The number of amides is 1. The Balaban J connectivity index is 2.09. The van der Waals surface area contributed by atoms with E-state index in [9.17, 15) is 31.5 Å². The first-order valence-electron chi connectivity index (χ1n) is 11.0. The van der Waals surface area contributed by atoms with Gasteiger partial charge in [-0.1, -0.05) is 13.0 Å². The summed E-state index contributed by atoms with van der Waals surface area (Å²) in [4.78, 5) is 28.8. The SMILES string of the molecule is COC(=O)c1cc(NC(=O)C2OC(C)(C(F)(F)F)C(C)C2c2ccc(F)c(F)c2OC(C)C)ccn1. The number of pyridine rings is 1. The van der Waals surface area contributed by atoms with Gasteiger partial charge < -0.3 is 19.5 Å². The number of nitrogens with zero attached hydrogens (tertiary/aromatic N) is 1. The second-order valence-corrected chi connectivity index (χ2v) is 8.81. The largest absolute Gasteiger partial charge is 0.488 e. The van der Waals surface area contributed by atoms with Crippen LogP contribution in [0.4, 0.5) is 27.6 Å². The van der Waals surface area contributed by atoms with Gasteiger partial charge in [0.1, 0.15) is 11.8 Å². The third-order valence-electron chi connectivity index (χ3n) is 6.14. The molecule has 0 aliphatic carbocycles. The number of benzene rings is 1. The van der Waals surface area contributed by atoms with Crippen molar-refractivity contribution in [1.82, 2.24) is 4.98 Å². The lowest BCUT2D eigenvalue weighted by Crippen LogP contribution is -2.47. The number of hydrogen-bond acceptors (Lipinski definition) is 6. The number of hydrogen-bond donors (Lipinski definition) is 1. The van der Waals surface area contributed by atoms with Crippen molar-refractivity contribution < 1.29 is 45.8 Å². The van der Waals surface area contributed by atoms with E-state index in [1.165, 1.54) is 39.1 Å².